The van der Waals surface area contributed by atoms with Crippen molar-refractivity contribution in [3.63, 3.8) is 0 Å². The highest BCUT2D eigenvalue weighted by Gasteiger charge is 2.15. The van der Waals surface area contributed by atoms with Crippen LogP contribution in [-0.2, 0) is 13.1 Å². The Balaban J connectivity index is 1.72. The van der Waals surface area contributed by atoms with Crippen molar-refractivity contribution in [3.05, 3.63) is 95.7 Å². The molecule has 0 amide bonds. The number of aliphatic hydroxyl groups is 1. The molecule has 24 heavy (non-hydrogen) atoms. The van der Waals surface area contributed by atoms with E-state index in [1.165, 1.54) is 12.1 Å². The minimum absolute atomic E-state index is 0.249. The van der Waals surface area contributed by atoms with Gasteiger partial charge in [-0.3, -0.25) is 4.90 Å². The molecule has 0 saturated carbocycles. The van der Waals surface area contributed by atoms with Crippen molar-refractivity contribution in [3.8, 4) is 0 Å². The number of aliphatic hydroxyl groups excluding tert-OH is 1. The number of furan rings is 1. The van der Waals surface area contributed by atoms with Crippen LogP contribution in [0.5, 0.6) is 0 Å². The van der Waals surface area contributed by atoms with Gasteiger partial charge in [0, 0.05) is 13.1 Å². The second-order valence-corrected chi connectivity index (χ2v) is 5.80. The summed E-state index contributed by atoms with van der Waals surface area (Å²) in [7, 11) is 0. The first-order valence-electron chi connectivity index (χ1n) is 7.93. The Bertz CT molecular complexity index is 726. The van der Waals surface area contributed by atoms with Gasteiger partial charge in [-0.2, -0.15) is 0 Å². The normalized spacial score (nSPS) is 12.5. The van der Waals surface area contributed by atoms with E-state index in [0.29, 0.717) is 19.6 Å². The van der Waals surface area contributed by atoms with E-state index in [1.807, 2.05) is 42.5 Å². The van der Waals surface area contributed by atoms with Gasteiger partial charge < -0.3 is 9.52 Å². The van der Waals surface area contributed by atoms with Crippen molar-refractivity contribution < 1.29 is 13.9 Å². The van der Waals surface area contributed by atoms with Crippen molar-refractivity contribution >= 4 is 0 Å². The molecule has 0 radical (unpaired) electrons. The zero-order valence-electron chi connectivity index (χ0n) is 13.3. The molecule has 3 rings (SSSR count). The number of hydrogen-bond acceptors (Lipinski definition) is 3. The van der Waals surface area contributed by atoms with Crippen molar-refractivity contribution in [2.75, 3.05) is 6.54 Å². The van der Waals surface area contributed by atoms with E-state index in [-0.39, 0.29) is 5.82 Å². The summed E-state index contributed by atoms with van der Waals surface area (Å²) in [4.78, 5) is 2.09. The van der Waals surface area contributed by atoms with Crippen LogP contribution in [0.1, 0.15) is 23.0 Å². The van der Waals surface area contributed by atoms with Crippen LogP contribution in [0.25, 0.3) is 0 Å². The van der Waals surface area contributed by atoms with Crippen molar-refractivity contribution in [1.29, 1.82) is 0 Å². The second kappa shape index (κ2) is 7.90. The van der Waals surface area contributed by atoms with Crippen LogP contribution in [0.2, 0.25) is 0 Å². The fraction of sp³-hybridized carbons (Fsp3) is 0.200. The lowest BCUT2D eigenvalue weighted by Gasteiger charge is -2.24. The average Bonchev–Trinajstić information content (AvgIpc) is 3.10. The van der Waals surface area contributed by atoms with E-state index in [9.17, 15) is 9.50 Å². The molecule has 3 aromatic rings. The highest BCUT2D eigenvalue weighted by molar-refractivity contribution is 5.19. The van der Waals surface area contributed by atoms with Crippen LogP contribution in [0.15, 0.2) is 77.4 Å². The molecule has 2 aromatic carbocycles. The Morgan fingerprint density at radius 2 is 1.67 bits per heavy atom. The molecule has 0 aliphatic carbocycles. The first kappa shape index (κ1) is 16.4. The van der Waals surface area contributed by atoms with Crippen LogP contribution in [0.3, 0.4) is 0 Å². The standard InChI is InChI=1S/C20H20FNO2/c21-18-10-8-16(9-11-18)13-22(14-19-7-4-12-24-19)15-20(23)17-5-2-1-3-6-17/h1-12,20,23H,13-15H2. The lowest BCUT2D eigenvalue weighted by molar-refractivity contribution is 0.100. The third-order valence-corrected chi connectivity index (χ3v) is 3.89. The molecule has 1 atom stereocenters. The summed E-state index contributed by atoms with van der Waals surface area (Å²) in [5.74, 6) is 0.582. The summed E-state index contributed by atoms with van der Waals surface area (Å²) in [5.41, 5.74) is 1.87. The summed E-state index contributed by atoms with van der Waals surface area (Å²) in [6, 6.07) is 19.8. The Morgan fingerprint density at radius 1 is 0.917 bits per heavy atom. The van der Waals surface area contributed by atoms with E-state index in [0.717, 1.165) is 16.9 Å². The highest BCUT2D eigenvalue weighted by Crippen LogP contribution is 2.18. The van der Waals surface area contributed by atoms with E-state index in [1.54, 1.807) is 18.4 Å². The SMILES string of the molecule is OC(CN(Cc1ccc(F)cc1)Cc1ccco1)c1ccccc1. The molecule has 4 heteroatoms. The van der Waals surface area contributed by atoms with Crippen LogP contribution >= 0.6 is 0 Å². The summed E-state index contributed by atoms with van der Waals surface area (Å²) in [6.45, 7) is 1.64. The van der Waals surface area contributed by atoms with E-state index in [4.69, 9.17) is 4.42 Å². The van der Waals surface area contributed by atoms with Crippen LogP contribution in [0, 0.1) is 5.82 Å². The van der Waals surface area contributed by atoms with Gasteiger partial charge in [-0.15, -0.1) is 0 Å². The van der Waals surface area contributed by atoms with Gasteiger partial charge in [0.15, 0.2) is 0 Å². The lowest BCUT2D eigenvalue weighted by atomic mass is 10.1. The molecule has 0 bridgehead atoms. The maximum atomic E-state index is 13.1. The molecule has 1 unspecified atom stereocenters. The van der Waals surface area contributed by atoms with Gasteiger partial charge in [-0.05, 0) is 35.4 Å². The van der Waals surface area contributed by atoms with Crippen molar-refractivity contribution in [2.24, 2.45) is 0 Å². The number of rotatable bonds is 7. The molecule has 0 saturated heterocycles. The summed E-state index contributed by atoms with van der Waals surface area (Å²) >= 11 is 0. The predicted octanol–water partition coefficient (Wildman–Crippen LogP) is 4.15. The number of hydrogen-bond donors (Lipinski definition) is 1. The third-order valence-electron chi connectivity index (χ3n) is 3.89. The molecule has 0 aliphatic rings. The van der Waals surface area contributed by atoms with Gasteiger partial charge in [-0.1, -0.05) is 42.5 Å². The fourth-order valence-corrected chi connectivity index (χ4v) is 2.68. The molecular formula is C20H20FNO2. The van der Waals surface area contributed by atoms with Gasteiger partial charge in [0.2, 0.25) is 0 Å². The predicted molar refractivity (Wildman–Crippen MR) is 90.6 cm³/mol. The van der Waals surface area contributed by atoms with Crippen LogP contribution in [-0.4, -0.2) is 16.6 Å². The summed E-state index contributed by atoms with van der Waals surface area (Å²) in [5, 5.41) is 10.5. The molecular weight excluding hydrogens is 305 g/mol. The van der Waals surface area contributed by atoms with Crippen LogP contribution in [0.4, 0.5) is 4.39 Å². The first-order valence-corrected chi connectivity index (χ1v) is 7.93. The Morgan fingerprint density at radius 3 is 2.33 bits per heavy atom. The van der Waals surface area contributed by atoms with Crippen molar-refractivity contribution in [2.45, 2.75) is 19.2 Å². The Labute approximate surface area is 141 Å². The number of benzene rings is 2. The topological polar surface area (TPSA) is 36.6 Å². The van der Waals surface area contributed by atoms with E-state index < -0.39 is 6.10 Å². The monoisotopic (exact) mass is 325 g/mol. The van der Waals surface area contributed by atoms with E-state index in [2.05, 4.69) is 4.90 Å². The summed E-state index contributed by atoms with van der Waals surface area (Å²) in [6.07, 6.45) is 1.04. The molecule has 3 nitrogen and oxygen atoms in total. The summed E-state index contributed by atoms with van der Waals surface area (Å²) < 4.78 is 18.5. The minimum Gasteiger partial charge on any atom is -0.468 e. The molecule has 1 heterocycles. The van der Waals surface area contributed by atoms with Crippen LogP contribution < -0.4 is 0 Å². The van der Waals surface area contributed by atoms with Gasteiger partial charge in [-0.25, -0.2) is 4.39 Å². The molecule has 0 fully saturated rings. The molecule has 1 N–H and O–H groups in total. The smallest absolute Gasteiger partial charge is 0.123 e. The fourth-order valence-electron chi connectivity index (χ4n) is 2.68. The zero-order chi connectivity index (χ0) is 16.8. The Kier molecular flexibility index (Phi) is 5.41. The maximum Gasteiger partial charge on any atom is 0.123 e. The lowest BCUT2D eigenvalue weighted by Crippen LogP contribution is -2.28. The minimum atomic E-state index is -0.596. The quantitative estimate of drug-likeness (QED) is 0.709. The van der Waals surface area contributed by atoms with Gasteiger partial charge in [0.25, 0.3) is 0 Å². The van der Waals surface area contributed by atoms with Crippen molar-refractivity contribution in [1.82, 2.24) is 4.90 Å². The molecule has 124 valence electrons. The zero-order valence-corrected chi connectivity index (χ0v) is 13.3. The van der Waals surface area contributed by atoms with Gasteiger partial charge in [0.1, 0.15) is 11.6 Å². The molecule has 1 aromatic heterocycles. The molecule has 0 spiro atoms. The first-order chi connectivity index (χ1) is 11.7. The third kappa shape index (κ3) is 4.54. The largest absolute Gasteiger partial charge is 0.468 e. The average molecular weight is 325 g/mol. The number of halogens is 1. The Hall–Kier alpha value is -2.43. The van der Waals surface area contributed by atoms with Gasteiger partial charge >= 0.3 is 0 Å². The molecule has 0 aliphatic heterocycles. The second-order valence-electron chi connectivity index (χ2n) is 5.80. The maximum absolute atomic E-state index is 13.1. The number of nitrogens with zero attached hydrogens (tertiary/aromatic N) is 1. The highest BCUT2D eigenvalue weighted by atomic mass is 19.1. The van der Waals surface area contributed by atoms with Gasteiger partial charge in [0.05, 0.1) is 18.9 Å². The van der Waals surface area contributed by atoms with E-state index >= 15 is 0 Å².